The predicted octanol–water partition coefficient (Wildman–Crippen LogP) is 2.94. The van der Waals surface area contributed by atoms with Gasteiger partial charge in [-0.05, 0) is 44.9 Å². The number of hydrogen-bond acceptors (Lipinski definition) is 3. The summed E-state index contributed by atoms with van der Waals surface area (Å²) in [5, 5.41) is 11.6. The third kappa shape index (κ3) is 3.72. The lowest BCUT2D eigenvalue weighted by molar-refractivity contribution is 0.0523. The molecule has 1 saturated carbocycles. The van der Waals surface area contributed by atoms with Crippen LogP contribution in [0.15, 0.2) is 24.3 Å². The number of carbonyl (C=O) groups excluding carboxylic acids is 1. The first-order valence-corrected chi connectivity index (χ1v) is 6.38. The van der Waals surface area contributed by atoms with Crippen LogP contribution < -0.4 is 5.32 Å². The van der Waals surface area contributed by atoms with Crippen LogP contribution in [0, 0.1) is 11.3 Å². The molecule has 19 heavy (non-hydrogen) atoms. The zero-order valence-corrected chi connectivity index (χ0v) is 11.4. The molecule has 1 aromatic carbocycles. The van der Waals surface area contributed by atoms with Gasteiger partial charge in [-0.1, -0.05) is 12.1 Å². The Morgan fingerprint density at radius 3 is 2.53 bits per heavy atom. The van der Waals surface area contributed by atoms with Gasteiger partial charge >= 0.3 is 6.09 Å². The fourth-order valence-electron chi connectivity index (χ4n) is 1.99. The summed E-state index contributed by atoms with van der Waals surface area (Å²) in [6, 6.07) is 9.73. The van der Waals surface area contributed by atoms with Crippen molar-refractivity contribution in [2.24, 2.45) is 0 Å². The molecule has 4 nitrogen and oxygen atoms in total. The van der Waals surface area contributed by atoms with E-state index in [2.05, 4.69) is 11.4 Å². The lowest BCUT2D eigenvalue weighted by Crippen LogP contribution is -2.34. The third-order valence-electron chi connectivity index (χ3n) is 2.96. The van der Waals surface area contributed by atoms with E-state index in [-0.39, 0.29) is 12.1 Å². The van der Waals surface area contributed by atoms with Crippen LogP contribution in [0.2, 0.25) is 0 Å². The Morgan fingerprint density at radius 1 is 1.37 bits per heavy atom. The van der Waals surface area contributed by atoms with Gasteiger partial charge in [-0.3, -0.25) is 0 Å². The molecule has 0 radical (unpaired) electrons. The Labute approximate surface area is 113 Å². The van der Waals surface area contributed by atoms with Crippen molar-refractivity contribution in [1.82, 2.24) is 5.32 Å². The molecule has 100 valence electrons. The number of ether oxygens (including phenoxy) is 1. The minimum absolute atomic E-state index is 0.141. The molecule has 0 heterocycles. The number of rotatable bonds is 2. The highest BCUT2D eigenvalue weighted by Crippen LogP contribution is 2.40. The van der Waals surface area contributed by atoms with Crippen molar-refractivity contribution < 1.29 is 9.53 Å². The zero-order valence-electron chi connectivity index (χ0n) is 11.4. The molecule has 0 unspecified atom stereocenters. The van der Waals surface area contributed by atoms with Crippen LogP contribution in [0.4, 0.5) is 4.79 Å². The Hall–Kier alpha value is -2.02. The summed E-state index contributed by atoms with van der Waals surface area (Å²) in [6.45, 7) is 5.53. The highest BCUT2D eigenvalue weighted by Gasteiger charge is 2.40. The fourth-order valence-corrected chi connectivity index (χ4v) is 1.99. The van der Waals surface area contributed by atoms with Gasteiger partial charge in [0.15, 0.2) is 0 Å². The van der Waals surface area contributed by atoms with Crippen molar-refractivity contribution in [3.05, 3.63) is 35.4 Å². The predicted molar refractivity (Wildman–Crippen MR) is 71.7 cm³/mol. The quantitative estimate of drug-likeness (QED) is 0.887. The van der Waals surface area contributed by atoms with Gasteiger partial charge in [-0.25, -0.2) is 4.79 Å². The number of nitrogens with zero attached hydrogens (tertiary/aromatic N) is 1. The molecule has 1 fully saturated rings. The van der Waals surface area contributed by atoms with Crippen LogP contribution in [-0.2, 0) is 4.74 Å². The largest absolute Gasteiger partial charge is 0.444 e. The van der Waals surface area contributed by atoms with E-state index in [4.69, 9.17) is 10.00 Å². The standard InChI is InChI=1S/C15H18N2O2/c1-15(2,3)19-14(18)17-13-8-12(13)11-6-4-10(9-16)5-7-11/h4-7,12-13H,8H2,1-3H3,(H,17,18)/t12-,13+/m0/s1. The minimum atomic E-state index is -0.469. The van der Waals surface area contributed by atoms with Crippen LogP contribution in [0.3, 0.4) is 0 Å². The number of carbonyl (C=O) groups is 1. The average molecular weight is 258 g/mol. The summed E-state index contributed by atoms with van der Waals surface area (Å²) in [5.41, 5.74) is 1.34. The topological polar surface area (TPSA) is 62.1 Å². The Morgan fingerprint density at radius 2 is 2.00 bits per heavy atom. The second-order valence-electron chi connectivity index (χ2n) is 5.83. The fraction of sp³-hybridized carbons (Fsp3) is 0.467. The van der Waals surface area contributed by atoms with Gasteiger partial charge in [-0.15, -0.1) is 0 Å². The van der Waals surface area contributed by atoms with Crippen LogP contribution in [-0.4, -0.2) is 17.7 Å². The van der Waals surface area contributed by atoms with Gasteiger partial charge in [0.2, 0.25) is 0 Å². The first-order chi connectivity index (χ1) is 8.89. The number of hydrogen-bond donors (Lipinski definition) is 1. The highest BCUT2D eigenvalue weighted by molar-refractivity contribution is 5.69. The lowest BCUT2D eigenvalue weighted by Gasteiger charge is -2.19. The highest BCUT2D eigenvalue weighted by atomic mass is 16.6. The molecular formula is C15H18N2O2. The average Bonchev–Trinajstić information content (AvgIpc) is 3.06. The van der Waals surface area contributed by atoms with E-state index in [1.165, 1.54) is 0 Å². The lowest BCUT2D eigenvalue weighted by atomic mass is 10.1. The molecule has 1 aliphatic carbocycles. The number of alkyl carbamates (subject to hydrolysis) is 1. The first-order valence-electron chi connectivity index (χ1n) is 6.38. The normalized spacial score (nSPS) is 21.4. The second-order valence-corrected chi connectivity index (χ2v) is 5.83. The van der Waals surface area contributed by atoms with Crippen LogP contribution >= 0.6 is 0 Å². The van der Waals surface area contributed by atoms with E-state index >= 15 is 0 Å². The smallest absolute Gasteiger partial charge is 0.407 e. The molecule has 1 amide bonds. The summed E-state index contributed by atoms with van der Waals surface area (Å²) in [6.07, 6.45) is 0.555. The van der Waals surface area contributed by atoms with Crippen molar-refractivity contribution >= 4 is 6.09 Å². The molecule has 0 aliphatic heterocycles. The van der Waals surface area contributed by atoms with E-state index in [9.17, 15) is 4.79 Å². The van der Waals surface area contributed by atoms with Crippen LogP contribution in [0.5, 0.6) is 0 Å². The van der Waals surface area contributed by atoms with Crippen molar-refractivity contribution in [2.75, 3.05) is 0 Å². The van der Waals surface area contributed by atoms with Gasteiger partial charge in [0.25, 0.3) is 0 Å². The number of benzene rings is 1. The molecule has 0 bridgehead atoms. The van der Waals surface area contributed by atoms with Crippen LogP contribution in [0.1, 0.15) is 44.2 Å². The maximum Gasteiger partial charge on any atom is 0.407 e. The number of nitrogens with one attached hydrogen (secondary N) is 1. The molecular weight excluding hydrogens is 240 g/mol. The van der Waals surface area contributed by atoms with E-state index in [1.54, 1.807) is 12.1 Å². The molecule has 0 spiro atoms. The van der Waals surface area contributed by atoms with Crippen molar-refractivity contribution in [1.29, 1.82) is 5.26 Å². The zero-order chi connectivity index (χ0) is 14.0. The minimum Gasteiger partial charge on any atom is -0.444 e. The summed E-state index contributed by atoms with van der Waals surface area (Å²) < 4.78 is 5.22. The molecule has 1 aromatic rings. The molecule has 2 rings (SSSR count). The number of amides is 1. The molecule has 2 atom stereocenters. The summed E-state index contributed by atoms with van der Waals surface area (Å²) in [5.74, 6) is 0.334. The monoisotopic (exact) mass is 258 g/mol. The molecule has 0 aromatic heterocycles. The maximum absolute atomic E-state index is 11.6. The van der Waals surface area contributed by atoms with Crippen LogP contribution in [0.25, 0.3) is 0 Å². The number of nitriles is 1. The Balaban J connectivity index is 1.87. The van der Waals surface area contributed by atoms with Gasteiger partial charge in [0.05, 0.1) is 11.6 Å². The SMILES string of the molecule is CC(C)(C)OC(=O)N[C@@H]1C[C@H]1c1ccc(C#N)cc1. The summed E-state index contributed by atoms with van der Waals surface area (Å²) in [7, 11) is 0. The maximum atomic E-state index is 11.6. The van der Waals surface area contributed by atoms with Crippen molar-refractivity contribution in [2.45, 2.75) is 44.8 Å². The third-order valence-corrected chi connectivity index (χ3v) is 2.96. The Bertz CT molecular complexity index is 508. The van der Waals surface area contributed by atoms with Crippen molar-refractivity contribution in [3.8, 4) is 6.07 Å². The Kier molecular flexibility index (Phi) is 3.48. The summed E-state index contributed by atoms with van der Waals surface area (Å²) in [4.78, 5) is 11.6. The van der Waals surface area contributed by atoms with Gasteiger partial charge < -0.3 is 10.1 Å². The first kappa shape index (κ1) is 13.4. The molecule has 1 N–H and O–H groups in total. The second kappa shape index (κ2) is 4.93. The molecule has 4 heteroatoms. The van der Waals surface area contributed by atoms with E-state index in [0.29, 0.717) is 11.5 Å². The van der Waals surface area contributed by atoms with Gasteiger partial charge in [0, 0.05) is 12.0 Å². The summed E-state index contributed by atoms with van der Waals surface area (Å²) >= 11 is 0. The van der Waals surface area contributed by atoms with E-state index < -0.39 is 5.60 Å². The van der Waals surface area contributed by atoms with Crippen molar-refractivity contribution in [3.63, 3.8) is 0 Å². The van der Waals surface area contributed by atoms with Gasteiger partial charge in [-0.2, -0.15) is 5.26 Å². The van der Waals surface area contributed by atoms with E-state index in [1.807, 2.05) is 32.9 Å². The van der Waals surface area contributed by atoms with Gasteiger partial charge in [0.1, 0.15) is 5.60 Å². The van der Waals surface area contributed by atoms with E-state index in [0.717, 1.165) is 12.0 Å². The molecule has 1 aliphatic rings. The molecule has 0 saturated heterocycles.